The van der Waals surface area contributed by atoms with Crippen LogP contribution in [0.5, 0.6) is 5.75 Å². The number of phenols is 1. The van der Waals surface area contributed by atoms with Crippen molar-refractivity contribution >= 4 is 11.6 Å². The van der Waals surface area contributed by atoms with Crippen molar-refractivity contribution in [2.75, 3.05) is 6.54 Å². The summed E-state index contributed by atoms with van der Waals surface area (Å²) < 4.78 is 0. The minimum Gasteiger partial charge on any atom is -0.506 e. The molecule has 0 bridgehead atoms. The molecule has 1 aromatic rings. The predicted octanol–water partition coefficient (Wildman–Crippen LogP) is 2.93. The second-order valence-electron chi connectivity index (χ2n) is 5.48. The van der Waals surface area contributed by atoms with E-state index in [1.807, 2.05) is 13.0 Å². The average Bonchev–Trinajstić information content (AvgIpc) is 2.21. The monoisotopic (exact) mass is 271 g/mol. The van der Waals surface area contributed by atoms with Crippen LogP contribution in [-0.4, -0.2) is 22.4 Å². The van der Waals surface area contributed by atoms with Gasteiger partial charge < -0.3 is 15.5 Å². The molecule has 0 aliphatic carbocycles. The molecule has 1 unspecified atom stereocenters. The fourth-order valence-electron chi connectivity index (χ4n) is 2.09. The summed E-state index contributed by atoms with van der Waals surface area (Å²) in [6, 6.07) is 5.11. The van der Waals surface area contributed by atoms with Crippen molar-refractivity contribution in [2.24, 2.45) is 5.92 Å². The van der Waals surface area contributed by atoms with Crippen molar-refractivity contribution in [1.29, 1.82) is 0 Å². The van der Waals surface area contributed by atoms with E-state index >= 15 is 0 Å². The number of phenolic OH excluding ortho intramolecular Hbond substituents is 1. The number of benzene rings is 1. The first-order valence-electron chi connectivity index (χ1n) is 6.20. The quantitative estimate of drug-likeness (QED) is 0.746. The highest BCUT2D eigenvalue weighted by atomic mass is 35.5. The molecule has 1 atom stereocenters. The summed E-state index contributed by atoms with van der Waals surface area (Å²) in [6.07, 6.45) is 0.760. The molecule has 3 nitrogen and oxygen atoms in total. The van der Waals surface area contributed by atoms with Gasteiger partial charge in [-0.2, -0.15) is 0 Å². The predicted molar refractivity (Wildman–Crippen MR) is 74.9 cm³/mol. The fourth-order valence-corrected chi connectivity index (χ4v) is 2.29. The highest BCUT2D eigenvalue weighted by Gasteiger charge is 2.20. The number of rotatable bonds is 6. The average molecular weight is 272 g/mol. The molecular weight excluding hydrogens is 250 g/mol. The summed E-state index contributed by atoms with van der Waals surface area (Å²) in [4.78, 5) is 0. The third kappa shape index (κ3) is 5.25. The van der Waals surface area contributed by atoms with Crippen molar-refractivity contribution in [3.8, 4) is 5.75 Å². The molecule has 0 spiro atoms. The normalized spacial score (nSPS) is 14.8. The van der Waals surface area contributed by atoms with Gasteiger partial charge in [0.15, 0.2) is 0 Å². The number of hydrogen-bond acceptors (Lipinski definition) is 3. The van der Waals surface area contributed by atoms with Crippen LogP contribution in [0.3, 0.4) is 0 Å². The molecule has 0 aromatic heterocycles. The zero-order valence-electron chi connectivity index (χ0n) is 11.2. The Morgan fingerprint density at radius 2 is 2.06 bits per heavy atom. The van der Waals surface area contributed by atoms with Crippen LogP contribution in [0.2, 0.25) is 5.02 Å². The molecule has 0 saturated carbocycles. The van der Waals surface area contributed by atoms with E-state index in [4.69, 9.17) is 11.6 Å². The molecule has 3 N–H and O–H groups in total. The molecule has 1 rings (SSSR count). The Kier molecular flexibility index (Phi) is 5.45. The van der Waals surface area contributed by atoms with Gasteiger partial charge in [0, 0.05) is 13.1 Å². The lowest BCUT2D eigenvalue weighted by Crippen LogP contribution is -2.38. The van der Waals surface area contributed by atoms with Gasteiger partial charge in [-0.1, -0.05) is 31.5 Å². The zero-order valence-corrected chi connectivity index (χ0v) is 12.0. The van der Waals surface area contributed by atoms with Gasteiger partial charge in [0.25, 0.3) is 0 Å². The smallest absolute Gasteiger partial charge is 0.134 e. The Morgan fingerprint density at radius 3 is 2.61 bits per heavy atom. The van der Waals surface area contributed by atoms with Crippen molar-refractivity contribution in [3.63, 3.8) is 0 Å². The van der Waals surface area contributed by atoms with Crippen molar-refractivity contribution in [3.05, 3.63) is 28.8 Å². The summed E-state index contributed by atoms with van der Waals surface area (Å²) in [7, 11) is 0. The van der Waals surface area contributed by atoms with E-state index in [1.165, 1.54) is 0 Å². The molecule has 0 aliphatic heterocycles. The fraction of sp³-hybridized carbons (Fsp3) is 0.571. The van der Waals surface area contributed by atoms with Gasteiger partial charge >= 0.3 is 0 Å². The second-order valence-corrected chi connectivity index (χ2v) is 5.89. The van der Waals surface area contributed by atoms with E-state index in [9.17, 15) is 10.2 Å². The van der Waals surface area contributed by atoms with Crippen LogP contribution in [-0.2, 0) is 6.54 Å². The van der Waals surface area contributed by atoms with Gasteiger partial charge in [0.2, 0.25) is 0 Å². The first-order valence-corrected chi connectivity index (χ1v) is 6.58. The minimum absolute atomic E-state index is 0.0900. The Labute approximate surface area is 114 Å². The van der Waals surface area contributed by atoms with Crippen LogP contribution in [0.15, 0.2) is 18.2 Å². The molecule has 0 heterocycles. The van der Waals surface area contributed by atoms with Crippen molar-refractivity contribution < 1.29 is 10.2 Å². The summed E-state index contributed by atoms with van der Waals surface area (Å²) in [6.45, 7) is 7.17. The van der Waals surface area contributed by atoms with E-state index in [2.05, 4.69) is 19.2 Å². The Balaban J connectivity index is 2.43. The van der Waals surface area contributed by atoms with E-state index in [-0.39, 0.29) is 5.75 Å². The van der Waals surface area contributed by atoms with Gasteiger partial charge in [-0.25, -0.2) is 0 Å². The summed E-state index contributed by atoms with van der Waals surface area (Å²) in [5.41, 5.74) is 0.285. The Hall–Kier alpha value is -0.770. The summed E-state index contributed by atoms with van der Waals surface area (Å²) >= 11 is 5.82. The standard InChI is InChI=1S/C14H22ClNO2/c1-10(2)7-14(3,18)9-16-8-11-4-5-13(17)12(15)6-11/h4-6,10,16-18H,7-9H2,1-3H3. The Bertz CT molecular complexity index is 391. The zero-order chi connectivity index (χ0) is 13.8. The summed E-state index contributed by atoms with van der Waals surface area (Å²) in [5.74, 6) is 0.553. The van der Waals surface area contributed by atoms with Crippen LogP contribution in [0.25, 0.3) is 0 Å². The van der Waals surface area contributed by atoms with E-state index in [0.29, 0.717) is 24.0 Å². The van der Waals surface area contributed by atoms with Gasteiger partial charge in [-0.15, -0.1) is 0 Å². The van der Waals surface area contributed by atoms with E-state index < -0.39 is 5.60 Å². The molecule has 1 aromatic carbocycles. The molecule has 0 saturated heterocycles. The molecule has 0 aliphatic rings. The number of halogens is 1. The first-order chi connectivity index (χ1) is 8.30. The molecule has 0 amide bonds. The van der Waals surface area contributed by atoms with Crippen LogP contribution >= 0.6 is 11.6 Å². The molecule has 0 radical (unpaired) electrons. The lowest BCUT2D eigenvalue weighted by molar-refractivity contribution is 0.0383. The van der Waals surface area contributed by atoms with E-state index in [1.54, 1.807) is 12.1 Å². The van der Waals surface area contributed by atoms with Crippen LogP contribution in [0.1, 0.15) is 32.8 Å². The van der Waals surface area contributed by atoms with Crippen LogP contribution in [0.4, 0.5) is 0 Å². The maximum atomic E-state index is 10.1. The second kappa shape index (κ2) is 6.41. The van der Waals surface area contributed by atoms with Gasteiger partial charge in [0.05, 0.1) is 10.6 Å². The van der Waals surface area contributed by atoms with Gasteiger partial charge in [-0.3, -0.25) is 0 Å². The minimum atomic E-state index is -0.700. The number of aromatic hydroxyl groups is 1. The molecule has 102 valence electrons. The maximum absolute atomic E-state index is 10.1. The van der Waals surface area contributed by atoms with Crippen LogP contribution < -0.4 is 5.32 Å². The first kappa shape index (κ1) is 15.3. The number of hydrogen-bond donors (Lipinski definition) is 3. The molecule has 4 heteroatoms. The largest absolute Gasteiger partial charge is 0.506 e. The Morgan fingerprint density at radius 1 is 1.39 bits per heavy atom. The summed E-state index contributed by atoms with van der Waals surface area (Å²) in [5, 5.41) is 23.0. The third-order valence-corrected chi connectivity index (χ3v) is 3.00. The molecular formula is C14H22ClNO2. The topological polar surface area (TPSA) is 52.5 Å². The van der Waals surface area contributed by atoms with Gasteiger partial charge in [0.1, 0.15) is 5.75 Å². The molecule has 0 fully saturated rings. The molecule has 18 heavy (non-hydrogen) atoms. The lowest BCUT2D eigenvalue weighted by Gasteiger charge is -2.25. The van der Waals surface area contributed by atoms with Crippen molar-refractivity contribution in [2.45, 2.75) is 39.3 Å². The number of nitrogens with one attached hydrogen (secondary N) is 1. The SMILES string of the molecule is CC(C)CC(C)(O)CNCc1ccc(O)c(Cl)c1. The highest BCUT2D eigenvalue weighted by molar-refractivity contribution is 6.32. The third-order valence-electron chi connectivity index (χ3n) is 2.70. The van der Waals surface area contributed by atoms with E-state index in [0.717, 1.165) is 12.0 Å². The lowest BCUT2D eigenvalue weighted by atomic mass is 9.94. The number of aliphatic hydroxyl groups is 1. The van der Waals surface area contributed by atoms with Crippen LogP contribution in [0, 0.1) is 5.92 Å². The van der Waals surface area contributed by atoms with Gasteiger partial charge in [-0.05, 0) is 37.0 Å². The highest BCUT2D eigenvalue weighted by Crippen LogP contribution is 2.23. The maximum Gasteiger partial charge on any atom is 0.134 e. The van der Waals surface area contributed by atoms with Crippen molar-refractivity contribution in [1.82, 2.24) is 5.32 Å².